The van der Waals surface area contributed by atoms with Crippen LogP contribution in [0.15, 0.2) is 24.5 Å². The summed E-state index contributed by atoms with van der Waals surface area (Å²) in [5.41, 5.74) is 1.05. The molecule has 0 atom stereocenters. The second kappa shape index (κ2) is 7.66. The van der Waals surface area contributed by atoms with Crippen LogP contribution in [0, 0.1) is 17.6 Å². The highest BCUT2D eigenvalue weighted by Crippen LogP contribution is 2.32. The fraction of sp³-hybridized carbons (Fsp3) is 0.500. The van der Waals surface area contributed by atoms with E-state index in [2.05, 4.69) is 10.2 Å². The van der Waals surface area contributed by atoms with Crippen molar-refractivity contribution in [3.05, 3.63) is 36.2 Å². The van der Waals surface area contributed by atoms with Gasteiger partial charge in [0.05, 0.1) is 11.9 Å². The minimum absolute atomic E-state index is 0.212. The van der Waals surface area contributed by atoms with Crippen molar-refractivity contribution >= 4 is 11.6 Å². The molecule has 1 aromatic carbocycles. The molecule has 2 aromatic rings. The Kier molecular flexibility index (Phi) is 5.09. The molecule has 2 fully saturated rings. The highest BCUT2D eigenvalue weighted by molar-refractivity contribution is 5.76. The number of aromatic nitrogens is 2. The van der Waals surface area contributed by atoms with E-state index in [9.17, 15) is 13.6 Å². The largest absolute Gasteiger partial charge is 0.369 e. The Morgan fingerprint density at radius 3 is 2.63 bits per heavy atom. The highest BCUT2D eigenvalue weighted by atomic mass is 19.2. The molecule has 0 aliphatic carbocycles. The molecule has 0 unspecified atom stereocenters. The van der Waals surface area contributed by atoms with E-state index >= 15 is 0 Å². The van der Waals surface area contributed by atoms with Gasteiger partial charge in [-0.2, -0.15) is 5.10 Å². The van der Waals surface area contributed by atoms with Crippen LogP contribution < -0.4 is 4.90 Å². The number of halogens is 2. The molecule has 144 valence electrons. The number of anilines is 1. The standard InChI is InChI=1S/C20H24F2N4O/c21-19-16(15-11-23-24-12-15)4-5-17(20(19)22)25-9-6-14(7-10-25)13-26-8-2-1-3-18(26)27/h4-5,11-12,14H,1-3,6-10,13H2,(H,23,24). The number of aromatic amines is 1. The maximum atomic E-state index is 14.7. The van der Waals surface area contributed by atoms with E-state index in [-0.39, 0.29) is 11.5 Å². The van der Waals surface area contributed by atoms with Gasteiger partial charge < -0.3 is 9.80 Å². The quantitative estimate of drug-likeness (QED) is 0.890. The third-order valence-corrected chi connectivity index (χ3v) is 5.73. The topological polar surface area (TPSA) is 52.2 Å². The SMILES string of the molecule is O=C1CCCCN1CC1CCN(c2ccc(-c3cn[nH]c3)c(F)c2F)CC1. The van der Waals surface area contributed by atoms with Gasteiger partial charge in [0, 0.05) is 49.9 Å². The van der Waals surface area contributed by atoms with Crippen LogP contribution in [0.25, 0.3) is 11.1 Å². The summed E-state index contributed by atoms with van der Waals surface area (Å²) in [6.45, 7) is 3.00. The average Bonchev–Trinajstić information content (AvgIpc) is 3.21. The second-order valence-corrected chi connectivity index (χ2v) is 7.47. The predicted molar refractivity (Wildman–Crippen MR) is 99.3 cm³/mol. The lowest BCUT2D eigenvalue weighted by molar-refractivity contribution is -0.134. The molecule has 2 saturated heterocycles. The van der Waals surface area contributed by atoms with Crippen molar-refractivity contribution in [3.63, 3.8) is 0 Å². The number of benzene rings is 1. The zero-order valence-corrected chi connectivity index (χ0v) is 15.3. The number of hydrogen-bond acceptors (Lipinski definition) is 3. The first-order valence-corrected chi connectivity index (χ1v) is 9.63. The lowest BCUT2D eigenvalue weighted by atomic mass is 9.94. The fourth-order valence-corrected chi connectivity index (χ4v) is 4.13. The molecular formula is C20H24F2N4O. The van der Waals surface area contributed by atoms with E-state index < -0.39 is 11.6 Å². The van der Waals surface area contributed by atoms with Crippen molar-refractivity contribution in [2.45, 2.75) is 32.1 Å². The lowest BCUT2D eigenvalue weighted by Crippen LogP contribution is -2.42. The fourth-order valence-electron chi connectivity index (χ4n) is 4.13. The lowest BCUT2D eigenvalue weighted by Gasteiger charge is -2.37. The summed E-state index contributed by atoms with van der Waals surface area (Å²) in [6, 6.07) is 3.26. The molecule has 5 nitrogen and oxygen atoms in total. The average molecular weight is 374 g/mol. The highest BCUT2D eigenvalue weighted by Gasteiger charge is 2.27. The van der Waals surface area contributed by atoms with Crippen LogP contribution in [-0.2, 0) is 4.79 Å². The number of hydrogen-bond donors (Lipinski definition) is 1. The summed E-state index contributed by atoms with van der Waals surface area (Å²) in [5, 5.41) is 6.41. The van der Waals surface area contributed by atoms with Crippen molar-refractivity contribution in [3.8, 4) is 11.1 Å². The molecule has 3 heterocycles. The van der Waals surface area contributed by atoms with Crippen LogP contribution in [0.2, 0.25) is 0 Å². The summed E-state index contributed by atoms with van der Waals surface area (Å²) < 4.78 is 29.2. The van der Waals surface area contributed by atoms with Crippen LogP contribution in [0.1, 0.15) is 32.1 Å². The van der Waals surface area contributed by atoms with Crippen molar-refractivity contribution in [1.29, 1.82) is 0 Å². The predicted octanol–water partition coefficient (Wildman–Crippen LogP) is 3.58. The molecule has 0 bridgehead atoms. The molecule has 2 aliphatic rings. The summed E-state index contributed by atoms with van der Waals surface area (Å²) in [4.78, 5) is 15.9. The third kappa shape index (κ3) is 3.68. The number of carbonyl (C=O) groups excluding carboxylic acids is 1. The first kappa shape index (κ1) is 17.9. The molecule has 1 amide bonds. The van der Waals surface area contributed by atoms with Crippen LogP contribution >= 0.6 is 0 Å². The Labute approximate surface area is 157 Å². The van der Waals surface area contributed by atoms with Crippen LogP contribution in [0.5, 0.6) is 0 Å². The Hall–Kier alpha value is -2.44. The Morgan fingerprint density at radius 2 is 1.93 bits per heavy atom. The summed E-state index contributed by atoms with van der Waals surface area (Å²) in [6.07, 6.45) is 7.52. The van der Waals surface area contributed by atoms with Gasteiger partial charge in [-0.05, 0) is 43.7 Å². The van der Waals surface area contributed by atoms with E-state index in [4.69, 9.17) is 0 Å². The van der Waals surface area contributed by atoms with Gasteiger partial charge in [0.1, 0.15) is 0 Å². The molecule has 2 aliphatic heterocycles. The molecule has 7 heteroatoms. The van der Waals surface area contributed by atoms with Gasteiger partial charge in [0.2, 0.25) is 5.91 Å². The molecular weight excluding hydrogens is 350 g/mol. The van der Waals surface area contributed by atoms with Crippen molar-refractivity contribution < 1.29 is 13.6 Å². The molecule has 0 spiro atoms. The number of likely N-dealkylation sites (tertiary alicyclic amines) is 1. The Balaban J connectivity index is 1.41. The van der Waals surface area contributed by atoms with E-state index in [0.29, 0.717) is 36.7 Å². The maximum absolute atomic E-state index is 14.7. The van der Waals surface area contributed by atoms with Gasteiger partial charge in [0.25, 0.3) is 0 Å². The summed E-state index contributed by atoms with van der Waals surface area (Å²) in [7, 11) is 0. The number of rotatable bonds is 4. The van der Waals surface area contributed by atoms with Crippen LogP contribution in [-0.4, -0.2) is 47.2 Å². The Bertz CT molecular complexity index is 801. The molecule has 27 heavy (non-hydrogen) atoms. The zero-order chi connectivity index (χ0) is 18.8. The van der Waals surface area contributed by atoms with E-state index in [0.717, 1.165) is 38.8 Å². The minimum atomic E-state index is -0.838. The molecule has 4 rings (SSSR count). The van der Waals surface area contributed by atoms with Crippen molar-refractivity contribution in [2.24, 2.45) is 5.92 Å². The molecule has 1 aromatic heterocycles. The van der Waals surface area contributed by atoms with Crippen molar-refractivity contribution in [2.75, 3.05) is 31.1 Å². The molecule has 1 N–H and O–H groups in total. The maximum Gasteiger partial charge on any atom is 0.222 e. The number of nitrogens with one attached hydrogen (secondary N) is 1. The number of H-pyrrole nitrogens is 1. The minimum Gasteiger partial charge on any atom is -0.369 e. The van der Waals surface area contributed by atoms with Gasteiger partial charge in [-0.1, -0.05) is 0 Å². The van der Waals surface area contributed by atoms with Gasteiger partial charge >= 0.3 is 0 Å². The number of carbonyl (C=O) groups is 1. The zero-order valence-electron chi connectivity index (χ0n) is 15.3. The van der Waals surface area contributed by atoms with Gasteiger partial charge in [-0.3, -0.25) is 9.89 Å². The van der Waals surface area contributed by atoms with Crippen LogP contribution in [0.3, 0.4) is 0 Å². The van der Waals surface area contributed by atoms with Crippen LogP contribution in [0.4, 0.5) is 14.5 Å². The van der Waals surface area contributed by atoms with Gasteiger partial charge in [-0.15, -0.1) is 0 Å². The van der Waals surface area contributed by atoms with Crippen molar-refractivity contribution in [1.82, 2.24) is 15.1 Å². The van der Waals surface area contributed by atoms with E-state index in [1.54, 1.807) is 18.3 Å². The first-order valence-electron chi connectivity index (χ1n) is 9.63. The number of nitrogens with zero attached hydrogens (tertiary/aromatic N) is 3. The monoisotopic (exact) mass is 374 g/mol. The van der Waals surface area contributed by atoms with Gasteiger partial charge in [0.15, 0.2) is 11.6 Å². The Morgan fingerprint density at radius 1 is 1.11 bits per heavy atom. The first-order chi connectivity index (χ1) is 13.1. The smallest absolute Gasteiger partial charge is 0.222 e. The normalized spacial score (nSPS) is 19.0. The van der Waals surface area contributed by atoms with E-state index in [1.807, 2.05) is 9.80 Å². The molecule has 0 saturated carbocycles. The van der Waals surface area contributed by atoms with E-state index in [1.165, 1.54) is 6.20 Å². The number of amides is 1. The summed E-state index contributed by atoms with van der Waals surface area (Å²) >= 11 is 0. The van der Waals surface area contributed by atoms with Gasteiger partial charge in [-0.25, -0.2) is 8.78 Å². The third-order valence-electron chi connectivity index (χ3n) is 5.73. The second-order valence-electron chi connectivity index (χ2n) is 7.47. The summed E-state index contributed by atoms with van der Waals surface area (Å²) in [5.74, 6) is -0.957. The number of piperidine rings is 2. The molecule has 0 radical (unpaired) electrons.